The van der Waals surface area contributed by atoms with Gasteiger partial charge >= 0.3 is 12.1 Å². The summed E-state index contributed by atoms with van der Waals surface area (Å²) >= 11 is 0. The molecule has 2 rings (SSSR count). The van der Waals surface area contributed by atoms with Gasteiger partial charge in [-0.25, -0.2) is 9.59 Å². The SMILES string of the molecule is CC(C)(C)OC(=O)N1CC(O[Si](C)(C)C(C)(C)C)[C@@H](COC(=O)c2ccccc2)C1. The summed E-state index contributed by atoms with van der Waals surface area (Å²) in [4.78, 5) is 26.7. The molecule has 1 amide bonds. The van der Waals surface area contributed by atoms with E-state index in [4.69, 9.17) is 13.9 Å². The zero-order chi connectivity index (χ0) is 22.7. The molecule has 1 saturated heterocycles. The van der Waals surface area contributed by atoms with Crippen molar-refractivity contribution in [2.45, 2.75) is 71.4 Å². The monoisotopic (exact) mass is 435 g/mol. The van der Waals surface area contributed by atoms with Crippen molar-refractivity contribution < 1.29 is 23.5 Å². The molecular weight excluding hydrogens is 398 g/mol. The van der Waals surface area contributed by atoms with Gasteiger partial charge in [-0.3, -0.25) is 0 Å². The van der Waals surface area contributed by atoms with Crippen molar-refractivity contribution in [2.75, 3.05) is 19.7 Å². The lowest BCUT2D eigenvalue weighted by Crippen LogP contribution is -2.46. The maximum atomic E-state index is 12.6. The molecule has 6 nitrogen and oxygen atoms in total. The molecule has 0 radical (unpaired) electrons. The van der Waals surface area contributed by atoms with E-state index in [9.17, 15) is 9.59 Å². The molecule has 0 spiro atoms. The van der Waals surface area contributed by atoms with E-state index < -0.39 is 13.9 Å². The largest absolute Gasteiger partial charge is 0.462 e. The maximum absolute atomic E-state index is 12.6. The van der Waals surface area contributed by atoms with Crippen LogP contribution in [-0.4, -0.2) is 56.7 Å². The number of hydrogen-bond acceptors (Lipinski definition) is 5. The van der Waals surface area contributed by atoms with Gasteiger partial charge in [0.2, 0.25) is 0 Å². The highest BCUT2D eigenvalue weighted by atomic mass is 28.4. The third-order valence-corrected chi connectivity index (χ3v) is 10.2. The summed E-state index contributed by atoms with van der Waals surface area (Å²) in [5.74, 6) is -0.461. The molecule has 1 aliphatic heterocycles. The summed E-state index contributed by atoms with van der Waals surface area (Å²) in [6.45, 7) is 17.6. The number of carbonyl (C=O) groups excluding carboxylic acids is 2. The number of benzene rings is 1. The van der Waals surface area contributed by atoms with Gasteiger partial charge in [0.05, 0.1) is 18.3 Å². The summed E-state index contributed by atoms with van der Waals surface area (Å²) in [7, 11) is -2.06. The topological polar surface area (TPSA) is 65.1 Å². The van der Waals surface area contributed by atoms with E-state index in [1.807, 2.05) is 26.8 Å². The lowest BCUT2D eigenvalue weighted by molar-refractivity contribution is 0.0271. The van der Waals surface area contributed by atoms with E-state index in [-0.39, 0.29) is 35.7 Å². The first kappa shape index (κ1) is 24.4. The molecule has 1 fully saturated rings. The zero-order valence-electron chi connectivity index (χ0n) is 19.7. The van der Waals surface area contributed by atoms with Crippen LogP contribution in [0.5, 0.6) is 0 Å². The predicted octanol–water partition coefficient (Wildman–Crippen LogP) is 5.10. The average Bonchev–Trinajstić information content (AvgIpc) is 3.00. The van der Waals surface area contributed by atoms with Gasteiger partial charge in [-0.15, -0.1) is 0 Å². The van der Waals surface area contributed by atoms with E-state index in [2.05, 4.69) is 33.9 Å². The third kappa shape index (κ3) is 6.57. The lowest BCUT2D eigenvalue weighted by Gasteiger charge is -2.39. The summed E-state index contributed by atoms with van der Waals surface area (Å²) in [6, 6.07) is 8.93. The highest BCUT2D eigenvalue weighted by Gasteiger charge is 2.45. The molecule has 0 bridgehead atoms. The molecule has 0 aliphatic carbocycles. The first-order valence-corrected chi connectivity index (χ1v) is 13.5. The van der Waals surface area contributed by atoms with Crippen molar-refractivity contribution in [3.05, 3.63) is 35.9 Å². The number of rotatable bonds is 5. The van der Waals surface area contributed by atoms with Gasteiger partial charge in [-0.1, -0.05) is 39.0 Å². The molecule has 168 valence electrons. The number of hydrogen-bond donors (Lipinski definition) is 0. The Hall–Kier alpha value is -1.86. The maximum Gasteiger partial charge on any atom is 0.410 e. The second-order valence-corrected chi connectivity index (χ2v) is 15.3. The van der Waals surface area contributed by atoms with Gasteiger partial charge in [-0.2, -0.15) is 0 Å². The molecule has 0 saturated carbocycles. The Morgan fingerprint density at radius 3 is 2.17 bits per heavy atom. The number of esters is 1. The fraction of sp³-hybridized carbons (Fsp3) is 0.652. The molecule has 2 atom stereocenters. The van der Waals surface area contributed by atoms with Crippen molar-refractivity contribution >= 4 is 20.4 Å². The standard InChI is InChI=1S/C23H37NO5Si/c1-22(2,3)28-21(26)24-14-18(16-27-20(25)17-12-10-9-11-13-17)19(15-24)29-30(7,8)23(4,5)6/h9-13,18-19H,14-16H2,1-8H3/t18-,19?/m1/s1. The molecule has 30 heavy (non-hydrogen) atoms. The van der Waals surface area contributed by atoms with Crippen LogP contribution in [0.2, 0.25) is 18.1 Å². The van der Waals surface area contributed by atoms with Crippen LogP contribution in [0.25, 0.3) is 0 Å². The lowest BCUT2D eigenvalue weighted by atomic mass is 10.1. The molecule has 0 aromatic heterocycles. The van der Waals surface area contributed by atoms with Gasteiger partial charge in [0.1, 0.15) is 5.60 Å². The van der Waals surface area contributed by atoms with Gasteiger partial charge in [-0.05, 0) is 51.0 Å². The van der Waals surface area contributed by atoms with Crippen LogP contribution in [0.15, 0.2) is 30.3 Å². The minimum Gasteiger partial charge on any atom is -0.462 e. The minimum absolute atomic E-state index is 0.0393. The van der Waals surface area contributed by atoms with Crippen LogP contribution >= 0.6 is 0 Å². The molecule has 1 aromatic carbocycles. The molecule has 1 unspecified atom stereocenters. The first-order valence-electron chi connectivity index (χ1n) is 10.6. The van der Waals surface area contributed by atoms with Crippen molar-refractivity contribution in [3.8, 4) is 0 Å². The van der Waals surface area contributed by atoms with Crippen LogP contribution in [0.4, 0.5) is 4.79 Å². The third-order valence-electron chi connectivity index (χ3n) is 5.72. The van der Waals surface area contributed by atoms with Crippen LogP contribution < -0.4 is 0 Å². The van der Waals surface area contributed by atoms with Crippen molar-refractivity contribution in [2.24, 2.45) is 5.92 Å². The van der Waals surface area contributed by atoms with E-state index >= 15 is 0 Å². The van der Waals surface area contributed by atoms with Gasteiger partial charge in [0, 0.05) is 19.0 Å². The van der Waals surface area contributed by atoms with Crippen LogP contribution in [-0.2, 0) is 13.9 Å². The normalized spacial score (nSPS) is 20.2. The van der Waals surface area contributed by atoms with Crippen molar-refractivity contribution in [3.63, 3.8) is 0 Å². The Bertz CT molecular complexity index is 736. The molecular formula is C23H37NO5Si. The number of likely N-dealkylation sites (tertiary alicyclic amines) is 1. The number of nitrogens with zero attached hydrogens (tertiary/aromatic N) is 1. The van der Waals surface area contributed by atoms with Crippen LogP contribution in [0.3, 0.4) is 0 Å². The average molecular weight is 436 g/mol. The fourth-order valence-electron chi connectivity index (χ4n) is 3.01. The second kappa shape index (κ2) is 9.10. The smallest absolute Gasteiger partial charge is 0.410 e. The Morgan fingerprint density at radius 2 is 1.63 bits per heavy atom. The van der Waals surface area contributed by atoms with Gasteiger partial charge < -0.3 is 18.8 Å². The summed E-state index contributed by atoms with van der Waals surface area (Å²) in [5.41, 5.74) is -0.0496. The van der Waals surface area contributed by atoms with Crippen LogP contribution in [0.1, 0.15) is 51.9 Å². The van der Waals surface area contributed by atoms with E-state index in [0.29, 0.717) is 18.7 Å². The Balaban J connectivity index is 2.11. The molecule has 0 N–H and O–H groups in total. The van der Waals surface area contributed by atoms with E-state index in [1.165, 1.54) is 0 Å². The van der Waals surface area contributed by atoms with E-state index in [1.54, 1.807) is 29.2 Å². The molecule has 1 aromatic rings. The van der Waals surface area contributed by atoms with Crippen molar-refractivity contribution in [1.82, 2.24) is 4.90 Å². The van der Waals surface area contributed by atoms with Gasteiger partial charge in [0.15, 0.2) is 8.32 Å². The second-order valence-electron chi connectivity index (χ2n) is 10.5. The Labute approximate surface area is 182 Å². The van der Waals surface area contributed by atoms with Crippen molar-refractivity contribution in [1.29, 1.82) is 0 Å². The Morgan fingerprint density at radius 1 is 1.03 bits per heavy atom. The fourth-order valence-corrected chi connectivity index (χ4v) is 4.38. The van der Waals surface area contributed by atoms with E-state index in [0.717, 1.165) is 0 Å². The number of carbonyl (C=O) groups is 2. The summed E-state index contributed by atoms with van der Waals surface area (Å²) in [6.07, 6.45) is -0.551. The van der Waals surface area contributed by atoms with Crippen LogP contribution in [0, 0.1) is 5.92 Å². The first-order chi connectivity index (χ1) is 13.7. The number of amides is 1. The van der Waals surface area contributed by atoms with Gasteiger partial charge in [0.25, 0.3) is 0 Å². The minimum atomic E-state index is -2.06. The quantitative estimate of drug-likeness (QED) is 0.475. The molecule has 1 aliphatic rings. The Kier molecular flexibility index (Phi) is 7.40. The highest BCUT2D eigenvalue weighted by molar-refractivity contribution is 6.74. The molecule has 1 heterocycles. The number of ether oxygens (including phenoxy) is 2. The summed E-state index contributed by atoms with van der Waals surface area (Å²) in [5, 5.41) is 0.0393. The predicted molar refractivity (Wildman–Crippen MR) is 120 cm³/mol. The highest BCUT2D eigenvalue weighted by Crippen LogP contribution is 2.39. The summed E-state index contributed by atoms with van der Waals surface area (Å²) < 4.78 is 17.8. The molecule has 7 heteroatoms. The zero-order valence-corrected chi connectivity index (χ0v) is 20.7.